The van der Waals surface area contributed by atoms with Crippen LogP contribution in [0.15, 0.2) is 47.0 Å². The molecule has 0 N–H and O–H groups in total. The van der Waals surface area contributed by atoms with Crippen LogP contribution in [0.3, 0.4) is 0 Å². The van der Waals surface area contributed by atoms with Gasteiger partial charge in [-0.1, -0.05) is 41.1 Å². The Bertz CT molecular complexity index is 929. The first-order valence-corrected chi connectivity index (χ1v) is 9.25. The third-order valence-electron chi connectivity index (χ3n) is 4.75. The fourth-order valence-electron chi connectivity index (χ4n) is 2.92. The van der Waals surface area contributed by atoms with Crippen LogP contribution in [0.4, 0.5) is 5.69 Å². The van der Waals surface area contributed by atoms with Crippen molar-refractivity contribution >= 4 is 11.6 Å². The van der Waals surface area contributed by atoms with Gasteiger partial charge in [0.25, 0.3) is 0 Å². The van der Waals surface area contributed by atoms with Crippen LogP contribution in [0.25, 0.3) is 11.4 Å². The van der Waals surface area contributed by atoms with Gasteiger partial charge in [-0.3, -0.25) is 4.79 Å². The number of hydrogen-bond acceptors (Lipinski definition) is 4. The van der Waals surface area contributed by atoms with Crippen molar-refractivity contribution in [3.63, 3.8) is 0 Å². The summed E-state index contributed by atoms with van der Waals surface area (Å²) in [5.41, 5.74) is 5.41. The summed E-state index contributed by atoms with van der Waals surface area (Å²) >= 11 is 0. The molecule has 2 aromatic carbocycles. The molecule has 0 fully saturated rings. The maximum Gasteiger partial charge on any atom is 0.227 e. The van der Waals surface area contributed by atoms with Gasteiger partial charge in [-0.2, -0.15) is 4.98 Å². The molecule has 0 aliphatic carbocycles. The second-order valence-corrected chi connectivity index (χ2v) is 6.78. The fraction of sp³-hybridized carbons (Fsp3) is 0.318. The highest BCUT2D eigenvalue weighted by atomic mass is 16.5. The molecule has 0 atom stereocenters. The summed E-state index contributed by atoms with van der Waals surface area (Å²) < 4.78 is 5.32. The number of carbonyl (C=O) groups is 1. The van der Waals surface area contributed by atoms with Crippen LogP contribution in [0, 0.1) is 20.8 Å². The lowest BCUT2D eigenvalue weighted by atomic mass is 10.1. The Morgan fingerprint density at radius 2 is 1.78 bits per heavy atom. The number of amides is 1. The molecule has 0 unspecified atom stereocenters. The van der Waals surface area contributed by atoms with E-state index in [0.717, 1.165) is 11.3 Å². The number of benzene rings is 2. The van der Waals surface area contributed by atoms with Gasteiger partial charge in [-0.15, -0.1) is 0 Å². The van der Waals surface area contributed by atoms with Gasteiger partial charge in [0.05, 0.1) is 0 Å². The van der Waals surface area contributed by atoms with E-state index in [-0.39, 0.29) is 5.91 Å². The minimum absolute atomic E-state index is 0.0517. The van der Waals surface area contributed by atoms with Crippen LogP contribution in [0.5, 0.6) is 0 Å². The predicted molar refractivity (Wildman–Crippen MR) is 107 cm³/mol. The molecular weight excluding hydrogens is 338 g/mol. The Labute approximate surface area is 160 Å². The van der Waals surface area contributed by atoms with Crippen molar-refractivity contribution in [1.29, 1.82) is 0 Å². The molecule has 1 amide bonds. The molecule has 0 aliphatic heterocycles. The van der Waals surface area contributed by atoms with E-state index >= 15 is 0 Å². The monoisotopic (exact) mass is 363 g/mol. The van der Waals surface area contributed by atoms with Crippen molar-refractivity contribution in [3.8, 4) is 11.4 Å². The molecule has 0 saturated heterocycles. The molecular formula is C22H25N3O2. The average Bonchev–Trinajstić information content (AvgIpc) is 3.13. The predicted octanol–water partition coefficient (Wildman–Crippen LogP) is 4.65. The highest BCUT2D eigenvalue weighted by Gasteiger charge is 2.16. The Hall–Kier alpha value is -2.95. The van der Waals surface area contributed by atoms with Crippen LogP contribution in [-0.2, 0) is 11.2 Å². The quantitative estimate of drug-likeness (QED) is 0.640. The molecule has 0 spiro atoms. The van der Waals surface area contributed by atoms with Gasteiger partial charge in [0.2, 0.25) is 17.6 Å². The lowest BCUT2D eigenvalue weighted by Gasteiger charge is -2.21. The summed E-state index contributed by atoms with van der Waals surface area (Å²) in [5.74, 6) is 1.09. The molecule has 3 aromatic rings. The topological polar surface area (TPSA) is 59.2 Å². The zero-order chi connectivity index (χ0) is 19.4. The number of carbonyl (C=O) groups excluding carboxylic acids is 1. The van der Waals surface area contributed by atoms with Crippen LogP contribution >= 0.6 is 0 Å². The van der Waals surface area contributed by atoms with Crippen LogP contribution in [0.1, 0.15) is 35.9 Å². The number of nitrogens with zero attached hydrogens (tertiary/aromatic N) is 3. The van der Waals surface area contributed by atoms with Crippen molar-refractivity contribution in [2.24, 2.45) is 0 Å². The lowest BCUT2D eigenvalue weighted by Crippen LogP contribution is -2.30. The summed E-state index contributed by atoms with van der Waals surface area (Å²) in [7, 11) is 0. The van der Waals surface area contributed by atoms with E-state index in [9.17, 15) is 4.79 Å². The summed E-state index contributed by atoms with van der Waals surface area (Å²) in [6, 6.07) is 14.0. The van der Waals surface area contributed by atoms with Crippen molar-refractivity contribution < 1.29 is 9.32 Å². The summed E-state index contributed by atoms with van der Waals surface area (Å²) in [6.07, 6.45) is 0.759. The largest absolute Gasteiger partial charge is 0.339 e. The zero-order valence-electron chi connectivity index (χ0n) is 16.3. The first-order valence-electron chi connectivity index (χ1n) is 9.25. The Kier molecular flexibility index (Phi) is 5.69. The van der Waals surface area contributed by atoms with Crippen LogP contribution in [0.2, 0.25) is 0 Å². The molecule has 5 nitrogen and oxygen atoms in total. The van der Waals surface area contributed by atoms with Crippen molar-refractivity contribution in [3.05, 3.63) is 65.0 Å². The summed E-state index contributed by atoms with van der Waals surface area (Å²) in [5, 5.41) is 4.03. The normalized spacial score (nSPS) is 10.8. The van der Waals surface area contributed by atoms with Crippen LogP contribution < -0.4 is 4.90 Å². The minimum Gasteiger partial charge on any atom is -0.339 e. The molecule has 0 aliphatic rings. The summed E-state index contributed by atoms with van der Waals surface area (Å²) in [6.45, 7) is 8.77. The molecule has 0 bridgehead atoms. The lowest BCUT2D eigenvalue weighted by molar-refractivity contribution is -0.118. The van der Waals surface area contributed by atoms with Gasteiger partial charge < -0.3 is 9.42 Å². The van der Waals surface area contributed by atoms with E-state index in [1.165, 1.54) is 16.7 Å². The minimum atomic E-state index is 0.0517. The molecule has 1 aromatic heterocycles. The highest BCUT2D eigenvalue weighted by Crippen LogP contribution is 2.21. The molecule has 140 valence electrons. The third kappa shape index (κ3) is 4.42. The number of aryl methyl sites for hydroxylation is 4. The van der Waals surface area contributed by atoms with Crippen molar-refractivity contribution in [2.75, 3.05) is 11.4 Å². The van der Waals surface area contributed by atoms with Crippen LogP contribution in [-0.4, -0.2) is 22.6 Å². The SMILES string of the molecule is CCN(C(=O)CCc1nc(-c2ccc(C)cc2)no1)c1ccc(C)c(C)c1. The van der Waals surface area contributed by atoms with E-state index in [1.807, 2.05) is 50.2 Å². The van der Waals surface area contributed by atoms with Gasteiger partial charge in [0.15, 0.2) is 0 Å². The second-order valence-electron chi connectivity index (χ2n) is 6.78. The van der Waals surface area contributed by atoms with Crippen molar-refractivity contribution in [2.45, 2.75) is 40.5 Å². The smallest absolute Gasteiger partial charge is 0.227 e. The van der Waals surface area contributed by atoms with E-state index in [0.29, 0.717) is 31.1 Å². The molecule has 0 radical (unpaired) electrons. The maximum atomic E-state index is 12.7. The van der Waals surface area contributed by atoms with Gasteiger partial charge in [0, 0.05) is 30.6 Å². The molecule has 5 heteroatoms. The standard InChI is InChI=1S/C22H25N3O2/c1-5-25(19-11-8-16(3)17(4)14-19)21(26)13-12-20-23-22(24-27-20)18-9-6-15(2)7-10-18/h6-11,14H,5,12-13H2,1-4H3. The van der Waals surface area contributed by atoms with E-state index in [4.69, 9.17) is 4.52 Å². The second kappa shape index (κ2) is 8.16. The number of aromatic nitrogens is 2. The third-order valence-corrected chi connectivity index (χ3v) is 4.75. The molecule has 0 saturated carbocycles. The fourth-order valence-corrected chi connectivity index (χ4v) is 2.92. The van der Waals surface area contributed by atoms with Gasteiger partial charge >= 0.3 is 0 Å². The first-order chi connectivity index (χ1) is 13.0. The Balaban J connectivity index is 1.66. The Morgan fingerprint density at radius 1 is 1.04 bits per heavy atom. The first kappa shape index (κ1) is 18.8. The van der Waals surface area contributed by atoms with Crippen molar-refractivity contribution in [1.82, 2.24) is 10.1 Å². The van der Waals surface area contributed by atoms with Gasteiger partial charge in [-0.25, -0.2) is 0 Å². The number of hydrogen-bond donors (Lipinski definition) is 0. The average molecular weight is 363 g/mol. The molecule has 1 heterocycles. The van der Waals surface area contributed by atoms with E-state index in [1.54, 1.807) is 4.90 Å². The molecule has 27 heavy (non-hydrogen) atoms. The van der Waals surface area contributed by atoms with Gasteiger partial charge in [0.1, 0.15) is 0 Å². The van der Waals surface area contributed by atoms with E-state index < -0.39 is 0 Å². The van der Waals surface area contributed by atoms with Gasteiger partial charge in [-0.05, 0) is 51.0 Å². The molecule has 3 rings (SSSR count). The number of anilines is 1. The zero-order valence-corrected chi connectivity index (χ0v) is 16.3. The maximum absolute atomic E-state index is 12.7. The summed E-state index contributed by atoms with van der Waals surface area (Å²) in [4.78, 5) is 18.9. The van der Waals surface area contributed by atoms with E-state index in [2.05, 4.69) is 30.1 Å². The Morgan fingerprint density at radius 3 is 2.44 bits per heavy atom. The highest BCUT2D eigenvalue weighted by molar-refractivity contribution is 5.93. The number of rotatable bonds is 6.